The number of aliphatic hydroxyl groups excluding tert-OH is 1. The van der Waals surface area contributed by atoms with Gasteiger partial charge in [-0.25, -0.2) is 9.97 Å². The number of anilines is 1. The van der Waals surface area contributed by atoms with Gasteiger partial charge in [0.1, 0.15) is 6.61 Å². The second-order valence-electron chi connectivity index (χ2n) is 5.81. The van der Waals surface area contributed by atoms with Crippen LogP contribution in [0.4, 0.5) is 5.82 Å². The van der Waals surface area contributed by atoms with Crippen molar-refractivity contribution in [3.8, 4) is 11.9 Å². The Balaban J connectivity index is 1.85. The molecule has 0 saturated heterocycles. The van der Waals surface area contributed by atoms with Gasteiger partial charge in [-0.3, -0.25) is 4.57 Å². The number of rotatable bonds is 9. The first kappa shape index (κ1) is 19.3. The van der Waals surface area contributed by atoms with Crippen LogP contribution in [0.5, 0.6) is 11.9 Å². The minimum absolute atomic E-state index is 0.0544. The summed E-state index contributed by atoms with van der Waals surface area (Å²) in [6.45, 7) is 3.26. The number of nitrogens with two attached hydrogens (primary N) is 1. The van der Waals surface area contributed by atoms with Crippen molar-refractivity contribution in [1.82, 2.24) is 24.5 Å². The molecule has 0 unspecified atom stereocenters. The Labute approximate surface area is 164 Å². The molecule has 0 spiro atoms. The van der Waals surface area contributed by atoms with Gasteiger partial charge in [-0.15, -0.1) is 0 Å². The van der Waals surface area contributed by atoms with Crippen LogP contribution in [-0.4, -0.2) is 49.4 Å². The molecule has 144 valence electrons. The molecule has 0 atom stereocenters. The fourth-order valence-corrected chi connectivity index (χ4v) is 2.88. The summed E-state index contributed by atoms with van der Waals surface area (Å²) in [4.78, 5) is 17.3. The maximum atomic E-state index is 8.80. The Morgan fingerprint density at radius 3 is 2.74 bits per heavy atom. The van der Waals surface area contributed by atoms with Crippen molar-refractivity contribution in [3.05, 3.63) is 28.6 Å². The van der Waals surface area contributed by atoms with E-state index in [0.29, 0.717) is 34.9 Å². The molecule has 3 heterocycles. The summed E-state index contributed by atoms with van der Waals surface area (Å²) in [7, 11) is 0. The predicted octanol–water partition coefficient (Wildman–Crippen LogP) is 2.16. The van der Waals surface area contributed by atoms with E-state index >= 15 is 0 Å². The van der Waals surface area contributed by atoms with Crippen LogP contribution in [0, 0.1) is 0 Å². The van der Waals surface area contributed by atoms with E-state index in [-0.39, 0.29) is 25.0 Å². The summed E-state index contributed by atoms with van der Waals surface area (Å²) in [6.07, 6.45) is 3.64. The number of nitrogen functional groups attached to an aromatic ring is 1. The molecule has 0 bridgehead atoms. The SMILES string of the molecule is CCCCOc1nc(N)c2nc(Br)n(Cc3ccc(OCCO)nc3)c2n1. The summed E-state index contributed by atoms with van der Waals surface area (Å²) in [5, 5.41) is 8.80. The third-order valence-corrected chi connectivity index (χ3v) is 4.37. The molecule has 3 rings (SSSR count). The number of ether oxygens (including phenoxy) is 2. The molecule has 0 aliphatic rings. The highest BCUT2D eigenvalue weighted by molar-refractivity contribution is 9.10. The molecule has 0 aliphatic carbocycles. The van der Waals surface area contributed by atoms with Gasteiger partial charge in [0.05, 0.1) is 19.8 Å². The van der Waals surface area contributed by atoms with Crippen LogP contribution in [0.1, 0.15) is 25.3 Å². The molecule has 0 fully saturated rings. The zero-order chi connectivity index (χ0) is 19.2. The monoisotopic (exact) mass is 436 g/mol. The fourth-order valence-electron chi connectivity index (χ4n) is 2.41. The van der Waals surface area contributed by atoms with E-state index in [1.165, 1.54) is 0 Å². The third kappa shape index (κ3) is 4.64. The van der Waals surface area contributed by atoms with Crippen LogP contribution in [0.3, 0.4) is 0 Å². The van der Waals surface area contributed by atoms with Gasteiger partial charge in [0.2, 0.25) is 5.88 Å². The van der Waals surface area contributed by atoms with Crippen molar-refractivity contribution in [1.29, 1.82) is 0 Å². The van der Waals surface area contributed by atoms with Gasteiger partial charge in [0.25, 0.3) is 0 Å². The quantitative estimate of drug-likeness (QED) is 0.386. The number of pyridine rings is 1. The first-order valence-corrected chi connectivity index (χ1v) is 9.42. The summed E-state index contributed by atoms with van der Waals surface area (Å²) < 4.78 is 13.3. The second kappa shape index (κ2) is 8.96. The number of aliphatic hydroxyl groups is 1. The van der Waals surface area contributed by atoms with E-state index in [9.17, 15) is 0 Å². The highest BCUT2D eigenvalue weighted by atomic mass is 79.9. The molecular formula is C17H21BrN6O3. The Kier molecular flexibility index (Phi) is 6.40. The molecule has 3 N–H and O–H groups in total. The van der Waals surface area contributed by atoms with Crippen molar-refractivity contribution in [3.63, 3.8) is 0 Å². The summed E-state index contributed by atoms with van der Waals surface area (Å²) >= 11 is 3.45. The highest BCUT2D eigenvalue weighted by Gasteiger charge is 2.16. The van der Waals surface area contributed by atoms with Crippen molar-refractivity contribution < 1.29 is 14.6 Å². The molecule has 0 amide bonds. The van der Waals surface area contributed by atoms with Gasteiger partial charge >= 0.3 is 6.01 Å². The molecule has 10 heteroatoms. The Bertz CT molecular complexity index is 900. The van der Waals surface area contributed by atoms with E-state index < -0.39 is 0 Å². The van der Waals surface area contributed by atoms with E-state index in [1.807, 2.05) is 10.6 Å². The van der Waals surface area contributed by atoms with Gasteiger partial charge in [-0.2, -0.15) is 9.97 Å². The van der Waals surface area contributed by atoms with E-state index in [1.54, 1.807) is 12.3 Å². The number of halogens is 1. The molecule has 0 aromatic carbocycles. The lowest BCUT2D eigenvalue weighted by Crippen LogP contribution is -2.07. The van der Waals surface area contributed by atoms with E-state index in [4.69, 9.17) is 20.3 Å². The van der Waals surface area contributed by atoms with Crippen molar-refractivity contribution in [2.24, 2.45) is 0 Å². The molecular weight excluding hydrogens is 416 g/mol. The number of hydrogen-bond donors (Lipinski definition) is 2. The van der Waals surface area contributed by atoms with Gasteiger partial charge in [0, 0.05) is 12.3 Å². The average Bonchev–Trinajstić information content (AvgIpc) is 2.98. The smallest absolute Gasteiger partial charge is 0.320 e. The molecule has 9 nitrogen and oxygen atoms in total. The minimum atomic E-state index is -0.0544. The molecule has 27 heavy (non-hydrogen) atoms. The summed E-state index contributed by atoms with van der Waals surface area (Å²) in [5.74, 6) is 0.734. The van der Waals surface area contributed by atoms with Crippen molar-refractivity contribution >= 4 is 32.9 Å². The van der Waals surface area contributed by atoms with E-state index in [2.05, 4.69) is 42.8 Å². The Morgan fingerprint density at radius 1 is 1.19 bits per heavy atom. The third-order valence-electron chi connectivity index (χ3n) is 3.76. The maximum Gasteiger partial charge on any atom is 0.320 e. The molecule has 3 aromatic heterocycles. The molecule has 0 radical (unpaired) electrons. The topological polar surface area (TPSA) is 121 Å². The lowest BCUT2D eigenvalue weighted by molar-refractivity contribution is 0.196. The van der Waals surface area contributed by atoms with Crippen LogP contribution in [0.2, 0.25) is 0 Å². The van der Waals surface area contributed by atoms with Crippen molar-refractivity contribution in [2.75, 3.05) is 25.6 Å². The summed E-state index contributed by atoms with van der Waals surface area (Å²) in [5.41, 5.74) is 8.05. The number of unbranched alkanes of at least 4 members (excludes halogenated alkanes) is 1. The van der Waals surface area contributed by atoms with Gasteiger partial charge in [-0.1, -0.05) is 19.4 Å². The zero-order valence-electron chi connectivity index (χ0n) is 14.9. The maximum absolute atomic E-state index is 8.80. The lowest BCUT2D eigenvalue weighted by Gasteiger charge is -2.08. The largest absolute Gasteiger partial charge is 0.475 e. The number of hydrogen-bond acceptors (Lipinski definition) is 8. The normalized spacial score (nSPS) is 11.1. The first-order valence-electron chi connectivity index (χ1n) is 8.63. The van der Waals surface area contributed by atoms with Crippen LogP contribution >= 0.6 is 15.9 Å². The highest BCUT2D eigenvalue weighted by Crippen LogP contribution is 2.25. The zero-order valence-corrected chi connectivity index (χ0v) is 16.5. The predicted molar refractivity (Wildman–Crippen MR) is 104 cm³/mol. The fraction of sp³-hybridized carbons (Fsp3) is 0.412. The number of nitrogens with zero attached hydrogens (tertiary/aromatic N) is 5. The molecule has 3 aromatic rings. The van der Waals surface area contributed by atoms with Crippen LogP contribution in [0.15, 0.2) is 23.1 Å². The Morgan fingerprint density at radius 2 is 2.04 bits per heavy atom. The van der Waals surface area contributed by atoms with Gasteiger partial charge < -0.3 is 20.3 Å². The van der Waals surface area contributed by atoms with Crippen molar-refractivity contribution in [2.45, 2.75) is 26.3 Å². The van der Waals surface area contributed by atoms with Crippen LogP contribution in [0.25, 0.3) is 11.2 Å². The molecule has 0 saturated carbocycles. The van der Waals surface area contributed by atoms with E-state index in [0.717, 1.165) is 18.4 Å². The second-order valence-corrected chi connectivity index (χ2v) is 6.52. The average molecular weight is 437 g/mol. The van der Waals surface area contributed by atoms with Gasteiger partial charge in [-0.05, 0) is 27.9 Å². The Hall–Kier alpha value is -2.46. The standard InChI is InChI=1S/C17H21BrN6O3/c1-2-3-7-27-17-22-14(19)13-15(23-17)24(16(18)21-13)10-11-4-5-12(20-9-11)26-8-6-25/h4-5,9,25H,2-3,6-8,10H2,1H3,(H2,19,22,23). The first-order chi connectivity index (χ1) is 13.1. The number of fused-ring (bicyclic) bond motifs is 1. The van der Waals surface area contributed by atoms with Gasteiger partial charge in [0.15, 0.2) is 21.7 Å². The number of aromatic nitrogens is 5. The number of imidazole rings is 1. The minimum Gasteiger partial charge on any atom is -0.475 e. The summed E-state index contributed by atoms with van der Waals surface area (Å²) in [6, 6.07) is 3.88. The molecule has 0 aliphatic heterocycles. The lowest BCUT2D eigenvalue weighted by atomic mass is 10.3. The van der Waals surface area contributed by atoms with Crippen LogP contribution in [-0.2, 0) is 6.54 Å². The van der Waals surface area contributed by atoms with Crippen LogP contribution < -0.4 is 15.2 Å².